The number of carbonyl (C=O) groups excluding carboxylic acids is 1. The van der Waals surface area contributed by atoms with Crippen molar-refractivity contribution in [2.45, 2.75) is 19.9 Å². The summed E-state index contributed by atoms with van der Waals surface area (Å²) in [4.78, 5) is 18.0. The van der Waals surface area contributed by atoms with E-state index in [9.17, 15) is 4.79 Å². The lowest BCUT2D eigenvalue weighted by atomic mass is 10.2. The standard InChI is InChI=1S/C16H16N2O2S/c1-12-10-13(7-8-17-12)16(20)18-11-15-6-5-14(21-15)4-2-3-9-19/h5-8,10,19H,3,9,11H2,1H3,(H,18,20). The monoisotopic (exact) mass is 300 g/mol. The fourth-order valence-electron chi connectivity index (χ4n) is 1.70. The minimum atomic E-state index is -0.109. The van der Waals surface area contributed by atoms with Gasteiger partial charge in [0.25, 0.3) is 5.91 Å². The van der Waals surface area contributed by atoms with Crippen molar-refractivity contribution in [3.05, 3.63) is 51.5 Å². The van der Waals surface area contributed by atoms with Gasteiger partial charge in [0.1, 0.15) is 0 Å². The van der Waals surface area contributed by atoms with Crippen molar-refractivity contribution in [2.75, 3.05) is 6.61 Å². The first-order chi connectivity index (χ1) is 10.2. The van der Waals surface area contributed by atoms with Crippen LogP contribution in [-0.2, 0) is 6.54 Å². The molecule has 0 radical (unpaired) electrons. The molecule has 0 aromatic carbocycles. The molecule has 0 fully saturated rings. The fraction of sp³-hybridized carbons (Fsp3) is 0.250. The van der Waals surface area contributed by atoms with Gasteiger partial charge < -0.3 is 10.4 Å². The Bertz CT molecular complexity index is 683. The Labute approximate surface area is 127 Å². The molecule has 5 heteroatoms. The molecular formula is C16H16N2O2S. The molecule has 2 N–H and O–H groups in total. The Kier molecular flexibility index (Phi) is 5.50. The van der Waals surface area contributed by atoms with Crippen LogP contribution in [-0.4, -0.2) is 22.6 Å². The predicted octanol–water partition coefficient (Wildman–Crippen LogP) is 2.12. The third-order valence-corrected chi connectivity index (χ3v) is 3.69. The number of aryl methyl sites for hydroxylation is 1. The summed E-state index contributed by atoms with van der Waals surface area (Å²) < 4.78 is 0. The minimum absolute atomic E-state index is 0.0760. The van der Waals surface area contributed by atoms with E-state index in [1.807, 2.05) is 19.1 Å². The van der Waals surface area contributed by atoms with Gasteiger partial charge in [-0.3, -0.25) is 9.78 Å². The summed E-state index contributed by atoms with van der Waals surface area (Å²) in [5, 5.41) is 11.6. The van der Waals surface area contributed by atoms with E-state index in [-0.39, 0.29) is 12.5 Å². The molecular weight excluding hydrogens is 284 g/mol. The van der Waals surface area contributed by atoms with Crippen LogP contribution in [0.25, 0.3) is 0 Å². The smallest absolute Gasteiger partial charge is 0.251 e. The highest BCUT2D eigenvalue weighted by molar-refractivity contribution is 7.12. The van der Waals surface area contributed by atoms with Crippen molar-refractivity contribution in [1.29, 1.82) is 0 Å². The lowest BCUT2D eigenvalue weighted by molar-refractivity contribution is 0.0951. The molecule has 0 saturated carbocycles. The number of rotatable bonds is 4. The number of aliphatic hydroxyl groups excluding tert-OH is 1. The average molecular weight is 300 g/mol. The van der Waals surface area contributed by atoms with Crippen LogP contribution in [0.15, 0.2) is 30.5 Å². The third-order valence-electron chi connectivity index (χ3n) is 2.69. The number of amides is 1. The number of nitrogens with one attached hydrogen (secondary N) is 1. The van der Waals surface area contributed by atoms with E-state index in [1.54, 1.807) is 29.7 Å². The molecule has 0 aliphatic carbocycles. The number of hydrogen-bond donors (Lipinski definition) is 2. The highest BCUT2D eigenvalue weighted by Crippen LogP contribution is 2.15. The molecule has 2 rings (SSSR count). The SMILES string of the molecule is Cc1cc(C(=O)NCc2ccc(C#CCCO)s2)ccn1. The van der Waals surface area contributed by atoms with Crippen molar-refractivity contribution in [3.63, 3.8) is 0 Å². The summed E-state index contributed by atoms with van der Waals surface area (Å²) in [7, 11) is 0. The molecule has 21 heavy (non-hydrogen) atoms. The van der Waals surface area contributed by atoms with Gasteiger partial charge in [-0.15, -0.1) is 11.3 Å². The van der Waals surface area contributed by atoms with Gasteiger partial charge in [-0.1, -0.05) is 11.8 Å². The number of hydrogen-bond acceptors (Lipinski definition) is 4. The van der Waals surface area contributed by atoms with E-state index in [0.717, 1.165) is 15.4 Å². The Morgan fingerprint density at radius 3 is 3.05 bits per heavy atom. The number of aromatic nitrogens is 1. The number of pyridine rings is 1. The molecule has 0 atom stereocenters. The Morgan fingerprint density at radius 2 is 2.29 bits per heavy atom. The molecule has 0 saturated heterocycles. The molecule has 0 unspecified atom stereocenters. The van der Waals surface area contributed by atoms with Crippen LogP contribution in [0.3, 0.4) is 0 Å². The van der Waals surface area contributed by atoms with Crippen molar-refractivity contribution in [2.24, 2.45) is 0 Å². The van der Waals surface area contributed by atoms with E-state index in [2.05, 4.69) is 22.1 Å². The first-order valence-electron chi connectivity index (χ1n) is 6.58. The van der Waals surface area contributed by atoms with Crippen molar-refractivity contribution in [3.8, 4) is 11.8 Å². The summed E-state index contributed by atoms with van der Waals surface area (Å²) >= 11 is 1.54. The Balaban J connectivity index is 1.91. The fourth-order valence-corrected chi connectivity index (χ4v) is 2.52. The first-order valence-corrected chi connectivity index (χ1v) is 7.40. The molecule has 108 valence electrons. The topological polar surface area (TPSA) is 62.2 Å². The van der Waals surface area contributed by atoms with E-state index in [0.29, 0.717) is 18.5 Å². The number of nitrogens with zero attached hydrogens (tertiary/aromatic N) is 1. The number of thiophene rings is 1. The van der Waals surface area contributed by atoms with E-state index >= 15 is 0 Å². The molecule has 0 aliphatic rings. The van der Waals surface area contributed by atoms with Crippen LogP contribution in [0.4, 0.5) is 0 Å². The zero-order valence-electron chi connectivity index (χ0n) is 11.7. The maximum Gasteiger partial charge on any atom is 0.251 e. The molecule has 0 spiro atoms. The first kappa shape index (κ1) is 15.2. The highest BCUT2D eigenvalue weighted by atomic mass is 32.1. The van der Waals surface area contributed by atoms with Gasteiger partial charge in [-0.05, 0) is 31.2 Å². The van der Waals surface area contributed by atoms with Crippen molar-refractivity contribution < 1.29 is 9.90 Å². The highest BCUT2D eigenvalue weighted by Gasteiger charge is 2.06. The normalized spacial score (nSPS) is 9.81. The van der Waals surface area contributed by atoms with Crippen molar-refractivity contribution >= 4 is 17.2 Å². The summed E-state index contributed by atoms with van der Waals surface area (Å²) in [6, 6.07) is 7.33. The zero-order valence-corrected chi connectivity index (χ0v) is 12.5. The predicted molar refractivity (Wildman–Crippen MR) is 83.0 cm³/mol. The Hall–Kier alpha value is -2.16. The molecule has 0 bridgehead atoms. The van der Waals surface area contributed by atoms with E-state index in [1.165, 1.54) is 0 Å². The van der Waals surface area contributed by atoms with E-state index in [4.69, 9.17) is 5.11 Å². The Morgan fingerprint density at radius 1 is 1.43 bits per heavy atom. The summed E-state index contributed by atoms with van der Waals surface area (Å²) in [5.74, 6) is 5.75. The quantitative estimate of drug-likeness (QED) is 0.850. The lowest BCUT2D eigenvalue weighted by Crippen LogP contribution is -2.22. The van der Waals surface area contributed by atoms with Gasteiger partial charge in [0.15, 0.2) is 0 Å². The van der Waals surface area contributed by atoms with Gasteiger partial charge in [-0.25, -0.2) is 0 Å². The summed E-state index contributed by atoms with van der Waals surface area (Å²) in [5.41, 5.74) is 1.43. The second kappa shape index (κ2) is 7.58. The average Bonchev–Trinajstić information content (AvgIpc) is 2.93. The second-order valence-electron chi connectivity index (χ2n) is 4.41. The summed E-state index contributed by atoms with van der Waals surface area (Å²) in [6.07, 6.45) is 2.11. The van der Waals surface area contributed by atoms with Crippen LogP contribution in [0.1, 0.15) is 32.2 Å². The van der Waals surface area contributed by atoms with Crippen LogP contribution in [0.2, 0.25) is 0 Å². The van der Waals surface area contributed by atoms with Gasteiger partial charge in [0.2, 0.25) is 0 Å². The largest absolute Gasteiger partial charge is 0.395 e. The van der Waals surface area contributed by atoms with E-state index < -0.39 is 0 Å². The molecule has 2 aromatic rings. The lowest BCUT2D eigenvalue weighted by Gasteiger charge is -2.03. The van der Waals surface area contributed by atoms with Crippen LogP contribution >= 0.6 is 11.3 Å². The molecule has 1 amide bonds. The van der Waals surface area contributed by atoms with Crippen LogP contribution < -0.4 is 5.32 Å². The number of carbonyl (C=O) groups is 1. The minimum Gasteiger partial charge on any atom is -0.395 e. The van der Waals surface area contributed by atoms with Gasteiger partial charge >= 0.3 is 0 Å². The molecule has 0 aliphatic heterocycles. The third kappa shape index (κ3) is 4.71. The van der Waals surface area contributed by atoms with Gasteiger partial charge in [-0.2, -0.15) is 0 Å². The van der Waals surface area contributed by atoms with Gasteiger partial charge in [0.05, 0.1) is 18.0 Å². The van der Waals surface area contributed by atoms with Crippen molar-refractivity contribution in [1.82, 2.24) is 10.3 Å². The maximum atomic E-state index is 12.0. The molecule has 4 nitrogen and oxygen atoms in total. The zero-order chi connectivity index (χ0) is 15.1. The van der Waals surface area contributed by atoms with Crippen LogP contribution in [0, 0.1) is 18.8 Å². The molecule has 2 aromatic heterocycles. The molecule has 2 heterocycles. The van der Waals surface area contributed by atoms with Gasteiger partial charge in [0, 0.05) is 28.8 Å². The maximum absolute atomic E-state index is 12.0. The summed E-state index contributed by atoms with van der Waals surface area (Å²) in [6.45, 7) is 2.41. The second-order valence-corrected chi connectivity index (χ2v) is 5.58. The van der Waals surface area contributed by atoms with Crippen LogP contribution in [0.5, 0.6) is 0 Å². The number of aliphatic hydroxyl groups is 1.